The zero-order chi connectivity index (χ0) is 44.3. The van der Waals surface area contributed by atoms with E-state index in [0.29, 0.717) is 11.5 Å². The Hall–Kier alpha value is -9.13. The monoisotopic (exact) mass is 859 g/mol. The van der Waals surface area contributed by atoms with Gasteiger partial charge in [0.2, 0.25) is 5.89 Å². The first-order valence-corrected chi connectivity index (χ1v) is 22.6. The van der Waals surface area contributed by atoms with Crippen LogP contribution in [-0.2, 0) is 0 Å². The van der Waals surface area contributed by atoms with Crippen LogP contribution in [0.1, 0.15) is 0 Å². The van der Waals surface area contributed by atoms with Crippen molar-refractivity contribution in [2.24, 2.45) is 0 Å². The molecule has 0 radical (unpaired) electrons. The van der Waals surface area contributed by atoms with Crippen molar-refractivity contribution in [2.75, 3.05) is 9.80 Å². The molecule has 6 heteroatoms. The first kappa shape index (κ1) is 38.3. The van der Waals surface area contributed by atoms with E-state index < -0.39 is 0 Å². The fourth-order valence-electron chi connectivity index (χ4n) is 9.88. The van der Waals surface area contributed by atoms with Gasteiger partial charge in [0.25, 0.3) is 0 Å². The summed E-state index contributed by atoms with van der Waals surface area (Å²) in [5.74, 6) is 0.572. The summed E-state index contributed by atoms with van der Waals surface area (Å²) in [6.07, 6.45) is 0. The summed E-state index contributed by atoms with van der Waals surface area (Å²) in [7, 11) is 0. The van der Waals surface area contributed by atoms with Gasteiger partial charge in [0, 0.05) is 78.7 Å². The van der Waals surface area contributed by atoms with E-state index in [-0.39, 0.29) is 0 Å². The number of benzene rings is 10. The topological polar surface area (TPSA) is 42.4 Å². The summed E-state index contributed by atoms with van der Waals surface area (Å²) in [5.41, 5.74) is 15.6. The molecule has 6 nitrogen and oxygen atoms in total. The molecule has 0 aliphatic rings. The lowest BCUT2D eigenvalue weighted by Gasteiger charge is -2.26. The summed E-state index contributed by atoms with van der Waals surface area (Å²) in [6, 6.07) is 87.8. The van der Waals surface area contributed by atoms with Gasteiger partial charge in [-0.2, -0.15) is 0 Å². The summed E-state index contributed by atoms with van der Waals surface area (Å²) in [5, 5.41) is 4.99. The van der Waals surface area contributed by atoms with E-state index in [1.165, 1.54) is 43.6 Å². The maximum Gasteiger partial charge on any atom is 0.227 e. The Bertz CT molecular complexity index is 3800. The third kappa shape index (κ3) is 6.53. The van der Waals surface area contributed by atoms with Crippen molar-refractivity contribution in [3.05, 3.63) is 249 Å². The molecular formula is C61H41N5O. The molecular weight excluding hydrogens is 819 g/mol. The SMILES string of the molecule is c1ccc(N(c2ccc(-c3nc4ccc(N(c5ccccc5)c5ccc(-n6c7ccccc7c7ccccc76)cc5)cc4o3)cc2)c2ccc(-n3c4ccccc4c4ccccc43)cc2)cc1. The van der Waals surface area contributed by atoms with Crippen molar-refractivity contribution >= 4 is 88.8 Å². The van der Waals surface area contributed by atoms with Crippen molar-refractivity contribution in [2.45, 2.75) is 0 Å². The van der Waals surface area contributed by atoms with Gasteiger partial charge in [-0.3, -0.25) is 0 Å². The minimum absolute atomic E-state index is 0.572. The summed E-state index contributed by atoms with van der Waals surface area (Å²) >= 11 is 0. The van der Waals surface area contributed by atoms with Gasteiger partial charge in [0.1, 0.15) is 5.52 Å². The number of aromatic nitrogens is 3. The molecule has 0 amide bonds. The first-order valence-electron chi connectivity index (χ1n) is 22.6. The van der Waals surface area contributed by atoms with Crippen molar-refractivity contribution < 1.29 is 4.42 Å². The predicted octanol–water partition coefficient (Wildman–Crippen LogP) is 16.6. The number of rotatable bonds is 9. The lowest BCUT2D eigenvalue weighted by Crippen LogP contribution is -2.10. The summed E-state index contributed by atoms with van der Waals surface area (Å²) in [6.45, 7) is 0. The van der Waals surface area contributed by atoms with Gasteiger partial charge < -0.3 is 23.4 Å². The molecule has 0 spiro atoms. The van der Waals surface area contributed by atoms with Crippen LogP contribution in [0, 0.1) is 0 Å². The zero-order valence-electron chi connectivity index (χ0n) is 36.3. The predicted molar refractivity (Wildman–Crippen MR) is 277 cm³/mol. The van der Waals surface area contributed by atoms with Gasteiger partial charge in [-0.05, 0) is 133 Å². The quantitative estimate of drug-likeness (QED) is 0.145. The van der Waals surface area contributed by atoms with E-state index in [9.17, 15) is 0 Å². The molecule has 0 N–H and O–H groups in total. The Kier molecular flexibility index (Phi) is 9.06. The Morgan fingerprint density at radius 1 is 0.313 bits per heavy atom. The molecule has 0 saturated carbocycles. The number of nitrogens with zero attached hydrogens (tertiary/aromatic N) is 5. The van der Waals surface area contributed by atoms with Gasteiger partial charge in [0.15, 0.2) is 5.58 Å². The number of anilines is 6. The van der Waals surface area contributed by atoms with Crippen molar-refractivity contribution in [3.63, 3.8) is 0 Å². The molecule has 13 rings (SSSR count). The van der Waals surface area contributed by atoms with Crippen LogP contribution >= 0.6 is 0 Å². The Morgan fingerprint density at radius 3 is 1.09 bits per heavy atom. The average molecular weight is 860 g/mol. The summed E-state index contributed by atoms with van der Waals surface area (Å²) in [4.78, 5) is 9.53. The first-order chi connectivity index (χ1) is 33.2. The lowest BCUT2D eigenvalue weighted by atomic mass is 10.1. The highest BCUT2D eigenvalue weighted by Gasteiger charge is 2.19. The van der Waals surface area contributed by atoms with Gasteiger partial charge in [-0.15, -0.1) is 0 Å². The van der Waals surface area contributed by atoms with Crippen LogP contribution < -0.4 is 9.80 Å². The second kappa shape index (κ2) is 15.8. The molecule has 0 aliphatic heterocycles. The van der Waals surface area contributed by atoms with Crippen molar-refractivity contribution in [1.29, 1.82) is 0 Å². The zero-order valence-corrected chi connectivity index (χ0v) is 36.3. The standard InChI is InChI=1S/C61H41N5O/c1-3-15-43(16-4-1)63(46-31-35-48(36-32-46)65-56-23-11-7-19-51(56)52-20-8-12-24-57(52)65)45-29-27-42(28-30-45)61-62-55-40-39-50(41-60(55)67-61)64(44-17-5-2-6-18-44)47-33-37-49(38-34-47)66-58-25-13-9-21-53(58)54-22-10-14-26-59(54)66/h1-41H. The number of oxazole rings is 1. The van der Waals surface area contributed by atoms with Gasteiger partial charge in [-0.25, -0.2) is 4.98 Å². The van der Waals surface area contributed by atoms with Crippen LogP contribution in [0.2, 0.25) is 0 Å². The normalized spacial score (nSPS) is 11.6. The molecule has 0 saturated heterocycles. The van der Waals surface area contributed by atoms with E-state index in [1.807, 2.05) is 6.07 Å². The third-order valence-corrected chi connectivity index (χ3v) is 12.9. The molecule has 3 aromatic heterocycles. The van der Waals surface area contributed by atoms with E-state index in [1.54, 1.807) is 0 Å². The van der Waals surface area contributed by atoms with Gasteiger partial charge in [0.05, 0.1) is 22.1 Å². The molecule has 0 fully saturated rings. The molecule has 0 atom stereocenters. The highest BCUT2D eigenvalue weighted by molar-refractivity contribution is 6.10. The number of fused-ring (bicyclic) bond motifs is 7. The minimum atomic E-state index is 0.572. The van der Waals surface area contributed by atoms with Gasteiger partial charge >= 0.3 is 0 Å². The van der Waals surface area contributed by atoms with E-state index in [0.717, 1.165) is 56.6 Å². The molecule has 13 aromatic rings. The Morgan fingerprint density at radius 2 is 0.657 bits per heavy atom. The highest BCUT2D eigenvalue weighted by Crippen LogP contribution is 2.41. The number of para-hydroxylation sites is 6. The number of hydrogen-bond donors (Lipinski definition) is 0. The minimum Gasteiger partial charge on any atom is -0.436 e. The Balaban J connectivity index is 0.822. The molecule has 3 heterocycles. The maximum absolute atomic E-state index is 6.59. The molecule has 316 valence electrons. The average Bonchev–Trinajstić information content (AvgIpc) is 4.08. The molecule has 0 unspecified atom stereocenters. The van der Waals surface area contributed by atoms with E-state index >= 15 is 0 Å². The number of hydrogen-bond acceptors (Lipinski definition) is 4. The fourth-order valence-corrected chi connectivity index (χ4v) is 9.88. The van der Waals surface area contributed by atoms with E-state index in [2.05, 4.69) is 262 Å². The van der Waals surface area contributed by atoms with Crippen LogP contribution in [0.4, 0.5) is 34.1 Å². The Labute approximate surface area is 387 Å². The van der Waals surface area contributed by atoms with Crippen molar-refractivity contribution in [3.8, 4) is 22.8 Å². The highest BCUT2D eigenvalue weighted by atomic mass is 16.3. The van der Waals surface area contributed by atoms with Crippen LogP contribution in [-0.4, -0.2) is 14.1 Å². The molecule has 67 heavy (non-hydrogen) atoms. The third-order valence-electron chi connectivity index (χ3n) is 12.9. The lowest BCUT2D eigenvalue weighted by molar-refractivity contribution is 0.620. The largest absolute Gasteiger partial charge is 0.436 e. The van der Waals surface area contributed by atoms with Crippen LogP contribution in [0.5, 0.6) is 0 Å². The second-order valence-corrected chi connectivity index (χ2v) is 16.8. The van der Waals surface area contributed by atoms with Crippen LogP contribution in [0.3, 0.4) is 0 Å². The maximum atomic E-state index is 6.59. The molecule has 10 aromatic carbocycles. The van der Waals surface area contributed by atoms with Crippen molar-refractivity contribution in [1.82, 2.24) is 14.1 Å². The molecule has 0 aliphatic carbocycles. The van der Waals surface area contributed by atoms with Gasteiger partial charge in [-0.1, -0.05) is 109 Å². The molecule has 0 bridgehead atoms. The van der Waals surface area contributed by atoms with E-state index in [4.69, 9.17) is 9.40 Å². The fraction of sp³-hybridized carbons (Fsp3) is 0. The van der Waals surface area contributed by atoms with Crippen LogP contribution in [0.15, 0.2) is 253 Å². The second-order valence-electron chi connectivity index (χ2n) is 16.8. The smallest absolute Gasteiger partial charge is 0.227 e. The van der Waals surface area contributed by atoms with Crippen LogP contribution in [0.25, 0.3) is 77.5 Å². The summed E-state index contributed by atoms with van der Waals surface area (Å²) < 4.78 is 11.3.